The largest absolute Gasteiger partial charge is 0.260 e. The van der Waals surface area contributed by atoms with Crippen molar-refractivity contribution in [2.24, 2.45) is 5.92 Å². The van der Waals surface area contributed by atoms with E-state index < -0.39 is 0 Å². The number of unbranched alkanes of at least 4 members (excludes halogenated alkanes) is 1. The zero-order chi connectivity index (χ0) is 11.0. The van der Waals surface area contributed by atoms with Gasteiger partial charge in [0.25, 0.3) is 0 Å². The number of allylic oxidation sites excluding steroid dienone is 2. The zero-order valence-electron chi connectivity index (χ0n) is 9.89. The lowest BCUT2D eigenvalue weighted by atomic mass is 9.66. The summed E-state index contributed by atoms with van der Waals surface area (Å²) in [5.74, 6) is 2.12. The Balaban J connectivity index is 1.90. The summed E-state index contributed by atoms with van der Waals surface area (Å²) < 4.78 is 0. The summed E-state index contributed by atoms with van der Waals surface area (Å²) >= 11 is 0. The highest BCUT2D eigenvalue weighted by atomic mass is 14.7. The highest BCUT2D eigenvalue weighted by Gasteiger charge is 2.36. The number of nitrogens with zero attached hydrogens (tertiary/aromatic N) is 1. The predicted molar refractivity (Wildman–Crippen MR) is 66.5 cm³/mol. The van der Waals surface area contributed by atoms with Gasteiger partial charge in [-0.2, -0.15) is 0 Å². The van der Waals surface area contributed by atoms with Crippen LogP contribution in [0.15, 0.2) is 30.5 Å². The molecule has 0 amide bonds. The van der Waals surface area contributed by atoms with Crippen LogP contribution in [0.1, 0.15) is 55.7 Å². The van der Waals surface area contributed by atoms with Gasteiger partial charge in [-0.1, -0.05) is 38.0 Å². The Morgan fingerprint density at radius 2 is 2.31 bits per heavy atom. The fourth-order valence-electron chi connectivity index (χ4n) is 3.31. The van der Waals surface area contributed by atoms with Crippen LogP contribution in [0.25, 0.3) is 0 Å². The number of rotatable bonds is 3. The van der Waals surface area contributed by atoms with Crippen LogP contribution in [-0.4, -0.2) is 4.98 Å². The summed E-state index contributed by atoms with van der Waals surface area (Å²) in [6.07, 6.45) is 12.1. The molecule has 0 N–H and O–H groups in total. The van der Waals surface area contributed by atoms with E-state index in [1.807, 2.05) is 6.20 Å². The topological polar surface area (TPSA) is 12.9 Å². The quantitative estimate of drug-likeness (QED) is 0.691. The van der Waals surface area contributed by atoms with Gasteiger partial charge in [-0.15, -0.1) is 0 Å². The van der Waals surface area contributed by atoms with Gasteiger partial charge in [0, 0.05) is 18.0 Å². The number of hydrogen-bond donors (Lipinski definition) is 0. The first-order chi connectivity index (χ1) is 7.90. The first-order valence-electron chi connectivity index (χ1n) is 6.53. The van der Waals surface area contributed by atoms with Crippen LogP contribution in [0.4, 0.5) is 0 Å². The molecule has 16 heavy (non-hydrogen) atoms. The maximum Gasteiger partial charge on any atom is 0.0510 e. The van der Waals surface area contributed by atoms with Crippen molar-refractivity contribution in [3.05, 3.63) is 41.7 Å². The van der Waals surface area contributed by atoms with Gasteiger partial charge in [0.05, 0.1) is 5.69 Å². The Kier molecular flexibility index (Phi) is 2.55. The van der Waals surface area contributed by atoms with Crippen LogP contribution in [0.3, 0.4) is 0 Å². The third-order valence-electron chi connectivity index (χ3n) is 4.13. The summed E-state index contributed by atoms with van der Waals surface area (Å²) in [6, 6.07) is 4.37. The maximum absolute atomic E-state index is 4.57. The molecule has 1 aromatic heterocycles. The van der Waals surface area contributed by atoms with Gasteiger partial charge < -0.3 is 0 Å². The van der Waals surface area contributed by atoms with E-state index in [-0.39, 0.29) is 0 Å². The van der Waals surface area contributed by atoms with E-state index in [1.54, 1.807) is 0 Å². The third kappa shape index (κ3) is 1.50. The van der Waals surface area contributed by atoms with Gasteiger partial charge in [0.2, 0.25) is 0 Å². The standard InChI is InChI=1S/C15H19N/c1-2-3-5-11-10-12-7-8-13(11)14-6-4-9-16-15(12)14/h4,6-9,11-13H,2-3,5,10H2,1H3/t11-,12?,13?/m0/s1. The second-order valence-corrected chi connectivity index (χ2v) is 5.13. The molecule has 84 valence electrons. The Bertz CT molecular complexity index is 408. The number of fused-ring (bicyclic) bond motifs is 1. The average molecular weight is 213 g/mol. The first-order valence-corrected chi connectivity index (χ1v) is 6.53. The molecule has 0 aromatic carbocycles. The highest BCUT2D eigenvalue weighted by Crippen LogP contribution is 2.48. The lowest BCUT2D eigenvalue weighted by molar-refractivity contribution is 0.340. The minimum absolute atomic E-state index is 0.600. The summed E-state index contributed by atoms with van der Waals surface area (Å²) in [4.78, 5) is 4.57. The molecule has 3 atom stereocenters. The fraction of sp³-hybridized carbons (Fsp3) is 0.533. The van der Waals surface area contributed by atoms with Crippen molar-refractivity contribution in [3.8, 4) is 0 Å². The Labute approximate surface area is 97.6 Å². The van der Waals surface area contributed by atoms with Gasteiger partial charge >= 0.3 is 0 Å². The lowest BCUT2D eigenvalue weighted by Crippen LogP contribution is -2.27. The first kappa shape index (κ1) is 10.1. The number of aromatic nitrogens is 1. The monoisotopic (exact) mass is 213 g/mol. The van der Waals surface area contributed by atoms with E-state index in [0.717, 1.165) is 5.92 Å². The molecule has 4 rings (SSSR count). The summed E-state index contributed by atoms with van der Waals surface area (Å²) in [6.45, 7) is 2.28. The molecule has 3 aliphatic carbocycles. The maximum atomic E-state index is 4.57. The van der Waals surface area contributed by atoms with Crippen molar-refractivity contribution in [2.75, 3.05) is 0 Å². The van der Waals surface area contributed by atoms with Gasteiger partial charge in [-0.05, 0) is 30.4 Å². The van der Waals surface area contributed by atoms with Crippen molar-refractivity contribution in [1.29, 1.82) is 0 Å². The molecule has 0 fully saturated rings. The van der Waals surface area contributed by atoms with E-state index in [4.69, 9.17) is 0 Å². The number of pyridine rings is 1. The molecule has 0 radical (unpaired) electrons. The number of hydrogen-bond acceptors (Lipinski definition) is 1. The molecule has 0 spiro atoms. The average Bonchev–Trinajstić information content (AvgIpc) is 2.37. The van der Waals surface area contributed by atoms with E-state index >= 15 is 0 Å². The Morgan fingerprint density at radius 3 is 3.19 bits per heavy atom. The van der Waals surface area contributed by atoms with Crippen molar-refractivity contribution in [2.45, 2.75) is 44.4 Å². The minimum atomic E-state index is 0.600. The smallest absolute Gasteiger partial charge is 0.0510 e. The van der Waals surface area contributed by atoms with Crippen LogP contribution in [0.2, 0.25) is 0 Å². The molecule has 2 bridgehead atoms. The molecule has 0 saturated carbocycles. The van der Waals surface area contributed by atoms with Crippen LogP contribution in [-0.2, 0) is 0 Å². The molecule has 0 saturated heterocycles. The Hall–Kier alpha value is -1.11. The molecule has 2 unspecified atom stereocenters. The highest BCUT2D eigenvalue weighted by molar-refractivity contribution is 5.40. The summed E-state index contributed by atoms with van der Waals surface area (Å²) in [5, 5.41) is 0. The van der Waals surface area contributed by atoms with Crippen molar-refractivity contribution >= 4 is 0 Å². The van der Waals surface area contributed by atoms with Crippen LogP contribution in [0, 0.1) is 5.92 Å². The lowest BCUT2D eigenvalue weighted by Gasteiger charge is -2.39. The molecule has 1 heteroatoms. The predicted octanol–water partition coefficient (Wildman–Crippen LogP) is 4.03. The van der Waals surface area contributed by atoms with Gasteiger partial charge in [0.1, 0.15) is 0 Å². The molecule has 0 aliphatic heterocycles. The van der Waals surface area contributed by atoms with Gasteiger partial charge in [-0.25, -0.2) is 0 Å². The minimum Gasteiger partial charge on any atom is -0.260 e. The molecule has 3 aliphatic rings. The molecule has 1 heterocycles. The molecule has 1 nitrogen and oxygen atoms in total. The Morgan fingerprint density at radius 1 is 1.38 bits per heavy atom. The van der Waals surface area contributed by atoms with Gasteiger partial charge in [-0.3, -0.25) is 4.98 Å². The van der Waals surface area contributed by atoms with E-state index in [2.05, 4.69) is 36.2 Å². The normalized spacial score (nSPS) is 30.4. The molecule has 1 aromatic rings. The zero-order valence-corrected chi connectivity index (χ0v) is 9.89. The summed E-state index contributed by atoms with van der Waals surface area (Å²) in [7, 11) is 0. The molecular weight excluding hydrogens is 194 g/mol. The second-order valence-electron chi connectivity index (χ2n) is 5.13. The van der Waals surface area contributed by atoms with Crippen molar-refractivity contribution in [1.82, 2.24) is 4.98 Å². The van der Waals surface area contributed by atoms with E-state index in [0.29, 0.717) is 11.8 Å². The van der Waals surface area contributed by atoms with E-state index in [1.165, 1.54) is 36.9 Å². The summed E-state index contributed by atoms with van der Waals surface area (Å²) in [5.41, 5.74) is 2.85. The van der Waals surface area contributed by atoms with Crippen LogP contribution < -0.4 is 0 Å². The van der Waals surface area contributed by atoms with Crippen molar-refractivity contribution in [3.63, 3.8) is 0 Å². The van der Waals surface area contributed by atoms with Crippen LogP contribution >= 0.6 is 0 Å². The van der Waals surface area contributed by atoms with Crippen molar-refractivity contribution < 1.29 is 0 Å². The molecular formula is C15H19N. The van der Waals surface area contributed by atoms with E-state index in [9.17, 15) is 0 Å². The van der Waals surface area contributed by atoms with Crippen LogP contribution in [0.5, 0.6) is 0 Å². The van der Waals surface area contributed by atoms with Gasteiger partial charge in [0.15, 0.2) is 0 Å². The second kappa shape index (κ2) is 4.04. The SMILES string of the molecule is CCCC[C@H]1CC2C=CC1c1cccnc12. The fourth-order valence-corrected chi connectivity index (χ4v) is 3.31. The third-order valence-corrected chi connectivity index (χ3v) is 4.13.